The van der Waals surface area contributed by atoms with Crippen molar-refractivity contribution < 1.29 is 9.53 Å². The van der Waals surface area contributed by atoms with Crippen LogP contribution in [0.4, 0.5) is 5.00 Å². The maximum Gasteiger partial charge on any atom is 0.226 e. The Bertz CT molecular complexity index is 721. The summed E-state index contributed by atoms with van der Waals surface area (Å²) in [5.41, 5.74) is 1.62. The number of amides is 1. The van der Waals surface area contributed by atoms with Gasteiger partial charge in [-0.3, -0.25) is 4.79 Å². The molecule has 0 bridgehead atoms. The van der Waals surface area contributed by atoms with Gasteiger partial charge in [0.15, 0.2) is 0 Å². The summed E-state index contributed by atoms with van der Waals surface area (Å²) in [6.45, 7) is 3.97. The van der Waals surface area contributed by atoms with Gasteiger partial charge in [0.25, 0.3) is 0 Å². The Labute approximate surface area is 146 Å². The van der Waals surface area contributed by atoms with Crippen molar-refractivity contribution in [2.24, 2.45) is 0 Å². The van der Waals surface area contributed by atoms with Gasteiger partial charge in [-0.25, -0.2) is 0 Å². The topological polar surface area (TPSA) is 65.4 Å². The number of rotatable bonds is 8. The van der Waals surface area contributed by atoms with Crippen LogP contribution in [0.3, 0.4) is 0 Å². The third kappa shape index (κ3) is 5.37. The lowest BCUT2D eigenvalue weighted by Crippen LogP contribution is -2.28. The monoisotopic (exact) mass is 343 g/mol. The summed E-state index contributed by atoms with van der Waals surface area (Å²) in [7, 11) is 1.96. The molecule has 1 heterocycles. The number of benzene rings is 1. The second-order valence-corrected chi connectivity index (χ2v) is 6.41. The number of ether oxygens (including phenoxy) is 1. The Hall–Kier alpha value is -2.36. The van der Waals surface area contributed by atoms with Crippen LogP contribution in [0, 0.1) is 18.3 Å². The van der Waals surface area contributed by atoms with Gasteiger partial charge >= 0.3 is 0 Å². The van der Waals surface area contributed by atoms with Crippen LogP contribution >= 0.6 is 11.3 Å². The number of para-hydroxylation sites is 1. The molecule has 0 atom stereocenters. The molecule has 0 saturated carbocycles. The molecule has 2 rings (SSSR count). The Balaban J connectivity index is 1.67. The molecule has 0 radical (unpaired) electrons. The zero-order valence-corrected chi connectivity index (χ0v) is 14.7. The van der Waals surface area contributed by atoms with Gasteiger partial charge < -0.3 is 15.0 Å². The highest BCUT2D eigenvalue weighted by Crippen LogP contribution is 2.22. The van der Waals surface area contributed by atoms with Gasteiger partial charge in [-0.05, 0) is 37.0 Å². The molecule has 1 aromatic carbocycles. The lowest BCUT2D eigenvalue weighted by molar-refractivity contribution is -0.116. The molecule has 0 aliphatic rings. The van der Waals surface area contributed by atoms with E-state index in [1.165, 1.54) is 11.3 Å². The number of anilines is 1. The number of hydrogen-bond acceptors (Lipinski definition) is 5. The quantitative estimate of drug-likeness (QED) is 0.799. The predicted octanol–water partition coefficient (Wildman–Crippen LogP) is 3.27. The molecule has 2 aromatic rings. The lowest BCUT2D eigenvalue weighted by atomic mass is 10.2. The number of thiophene rings is 1. The fourth-order valence-corrected chi connectivity index (χ4v) is 2.87. The van der Waals surface area contributed by atoms with E-state index in [1.807, 2.05) is 38.2 Å². The third-order valence-electron chi connectivity index (χ3n) is 3.58. The second-order valence-electron chi connectivity index (χ2n) is 5.49. The Morgan fingerprint density at radius 2 is 2.12 bits per heavy atom. The first-order valence-corrected chi connectivity index (χ1v) is 8.62. The molecule has 5 nitrogen and oxygen atoms in total. The normalized spacial score (nSPS) is 10.4. The number of nitrogens with zero attached hydrogens (tertiary/aromatic N) is 2. The molecule has 6 heteroatoms. The van der Waals surface area contributed by atoms with Crippen LogP contribution in [-0.2, 0) is 4.79 Å². The maximum absolute atomic E-state index is 12.0. The fourth-order valence-electron chi connectivity index (χ4n) is 2.12. The van der Waals surface area contributed by atoms with Gasteiger partial charge in [0.1, 0.15) is 23.4 Å². The molecule has 1 N–H and O–H groups in total. The standard InChI is InChI=1S/C18H21N3O2S/c1-14-5-3-4-6-16(14)23-11-10-21(2)9-7-17(22)20-18-15(13-19)8-12-24-18/h3-6,8,12H,7,9-11H2,1-2H3,(H,20,22). The van der Waals surface area contributed by atoms with Crippen LogP contribution < -0.4 is 10.1 Å². The summed E-state index contributed by atoms with van der Waals surface area (Å²) in [4.78, 5) is 14.0. The number of aryl methyl sites for hydroxylation is 1. The summed E-state index contributed by atoms with van der Waals surface area (Å²) in [5.74, 6) is 0.811. The van der Waals surface area contributed by atoms with Gasteiger partial charge in [0, 0.05) is 19.5 Å². The molecule has 0 fully saturated rings. The van der Waals surface area contributed by atoms with E-state index in [4.69, 9.17) is 10.00 Å². The number of carbonyl (C=O) groups excluding carboxylic acids is 1. The third-order valence-corrected chi connectivity index (χ3v) is 4.41. The van der Waals surface area contributed by atoms with E-state index in [1.54, 1.807) is 11.4 Å². The van der Waals surface area contributed by atoms with E-state index in [0.717, 1.165) is 17.9 Å². The summed E-state index contributed by atoms with van der Waals surface area (Å²) in [6, 6.07) is 11.7. The highest BCUT2D eigenvalue weighted by molar-refractivity contribution is 7.14. The van der Waals surface area contributed by atoms with Crippen molar-refractivity contribution in [2.75, 3.05) is 32.1 Å². The Morgan fingerprint density at radius 3 is 2.88 bits per heavy atom. The zero-order chi connectivity index (χ0) is 17.4. The maximum atomic E-state index is 12.0. The fraction of sp³-hybridized carbons (Fsp3) is 0.333. The summed E-state index contributed by atoms with van der Waals surface area (Å²) in [6.07, 6.45) is 0.379. The van der Waals surface area contributed by atoms with Gasteiger partial charge in [-0.15, -0.1) is 11.3 Å². The molecule has 0 unspecified atom stereocenters. The molecule has 24 heavy (non-hydrogen) atoms. The Kier molecular flexibility index (Phi) is 6.79. The van der Waals surface area contributed by atoms with Gasteiger partial charge in [-0.2, -0.15) is 5.26 Å². The van der Waals surface area contributed by atoms with Crippen LogP contribution in [0.1, 0.15) is 17.5 Å². The van der Waals surface area contributed by atoms with Crippen molar-refractivity contribution in [2.45, 2.75) is 13.3 Å². The lowest BCUT2D eigenvalue weighted by Gasteiger charge is -2.17. The minimum Gasteiger partial charge on any atom is -0.492 e. The molecule has 1 amide bonds. The highest BCUT2D eigenvalue weighted by atomic mass is 32.1. The van der Waals surface area contributed by atoms with Gasteiger partial charge in [0.05, 0.1) is 5.56 Å². The van der Waals surface area contributed by atoms with Gasteiger partial charge in [0.2, 0.25) is 5.91 Å². The average Bonchev–Trinajstić information content (AvgIpc) is 3.02. The number of hydrogen-bond donors (Lipinski definition) is 1. The van der Waals surface area contributed by atoms with Crippen LogP contribution in [0.25, 0.3) is 0 Å². The Morgan fingerprint density at radius 1 is 1.33 bits per heavy atom. The number of likely N-dealkylation sites (N-methyl/N-ethyl adjacent to an activating group) is 1. The first-order chi connectivity index (χ1) is 11.6. The molecular formula is C18H21N3O2S. The van der Waals surface area contributed by atoms with Crippen molar-refractivity contribution in [3.8, 4) is 11.8 Å². The van der Waals surface area contributed by atoms with E-state index < -0.39 is 0 Å². The second kappa shape index (κ2) is 9.06. The zero-order valence-electron chi connectivity index (χ0n) is 13.9. The minimum absolute atomic E-state index is 0.0828. The molecule has 0 aliphatic carbocycles. The molecule has 126 valence electrons. The SMILES string of the molecule is Cc1ccccc1OCCN(C)CCC(=O)Nc1sccc1C#N. The first kappa shape index (κ1) is 18.0. The van der Waals surface area contributed by atoms with Crippen molar-refractivity contribution in [3.63, 3.8) is 0 Å². The average molecular weight is 343 g/mol. The molecule has 0 spiro atoms. The highest BCUT2D eigenvalue weighted by Gasteiger charge is 2.09. The number of nitriles is 1. The van der Waals surface area contributed by atoms with E-state index in [2.05, 4.69) is 16.3 Å². The summed E-state index contributed by atoms with van der Waals surface area (Å²) >= 11 is 1.36. The number of nitrogens with one attached hydrogen (secondary N) is 1. The molecule has 0 saturated heterocycles. The van der Waals surface area contributed by atoms with Crippen LogP contribution in [0.5, 0.6) is 5.75 Å². The summed E-state index contributed by atoms with van der Waals surface area (Å²) < 4.78 is 5.75. The van der Waals surface area contributed by atoms with Gasteiger partial charge in [-0.1, -0.05) is 18.2 Å². The predicted molar refractivity (Wildman–Crippen MR) is 96.5 cm³/mol. The molecule has 0 aliphatic heterocycles. The van der Waals surface area contributed by atoms with Crippen molar-refractivity contribution in [3.05, 3.63) is 46.8 Å². The van der Waals surface area contributed by atoms with E-state index >= 15 is 0 Å². The number of carbonyl (C=O) groups is 1. The van der Waals surface area contributed by atoms with Crippen LogP contribution in [-0.4, -0.2) is 37.6 Å². The van der Waals surface area contributed by atoms with Crippen molar-refractivity contribution >= 4 is 22.2 Å². The van der Waals surface area contributed by atoms with E-state index in [9.17, 15) is 4.79 Å². The smallest absolute Gasteiger partial charge is 0.226 e. The van der Waals surface area contributed by atoms with E-state index in [-0.39, 0.29) is 5.91 Å². The van der Waals surface area contributed by atoms with Crippen molar-refractivity contribution in [1.29, 1.82) is 5.26 Å². The molecule has 1 aromatic heterocycles. The molecular weight excluding hydrogens is 322 g/mol. The van der Waals surface area contributed by atoms with Crippen molar-refractivity contribution in [1.82, 2.24) is 4.90 Å². The van der Waals surface area contributed by atoms with Crippen LogP contribution in [0.15, 0.2) is 35.7 Å². The van der Waals surface area contributed by atoms with E-state index in [0.29, 0.717) is 30.1 Å². The minimum atomic E-state index is -0.0828. The largest absolute Gasteiger partial charge is 0.492 e. The summed E-state index contributed by atoms with van der Waals surface area (Å²) in [5, 5.41) is 14.1. The first-order valence-electron chi connectivity index (χ1n) is 7.74. The van der Waals surface area contributed by atoms with Crippen LogP contribution in [0.2, 0.25) is 0 Å².